The largest absolute Gasteiger partial charge is 0.305 e. The zero-order valence-electron chi connectivity index (χ0n) is 26.8. The van der Waals surface area contributed by atoms with Gasteiger partial charge >= 0.3 is 0 Å². The van der Waals surface area contributed by atoms with E-state index < -0.39 is 8.07 Å². The van der Waals surface area contributed by atoms with Crippen LogP contribution in [-0.4, -0.2) is 18.0 Å². The quantitative estimate of drug-likeness (QED) is 0.131. The minimum Gasteiger partial charge on any atom is -0.305 e. The van der Waals surface area contributed by atoms with Crippen LogP contribution in [0.3, 0.4) is 0 Å². The van der Waals surface area contributed by atoms with Crippen molar-refractivity contribution in [2.75, 3.05) is 0 Å². The van der Waals surface area contributed by atoms with E-state index in [0.29, 0.717) is 0 Å². The van der Waals surface area contributed by atoms with Gasteiger partial charge in [0.1, 0.15) is 0 Å². The van der Waals surface area contributed by atoms with Crippen LogP contribution < -0.4 is 5.19 Å². The SMILES string of the molecule is C[Si](C)(C)c1ccc(-c2[c-]cc(F)cc2)nc1.Cc1cc(C)c(-c2ccnc(-c3[c-]ccc4c3sc3ccccc34)c2)c(C)c1.[Ir]. The maximum atomic E-state index is 12.8. The van der Waals surface area contributed by atoms with Crippen molar-refractivity contribution in [3.63, 3.8) is 0 Å². The Bertz CT molecular complexity index is 2110. The number of pyridine rings is 2. The Kier molecular flexibility index (Phi) is 10.1. The molecular formula is C40H35FIrN2SSi-2. The molecule has 0 amide bonds. The van der Waals surface area contributed by atoms with E-state index in [2.05, 4.69) is 118 Å². The van der Waals surface area contributed by atoms with Crippen molar-refractivity contribution in [2.24, 2.45) is 0 Å². The maximum absolute atomic E-state index is 12.8. The van der Waals surface area contributed by atoms with Gasteiger partial charge in [0.05, 0.1) is 8.07 Å². The predicted molar refractivity (Wildman–Crippen MR) is 192 cm³/mol. The number of fused-ring (bicyclic) bond motifs is 3. The second kappa shape index (κ2) is 13.9. The molecule has 0 atom stereocenters. The first-order chi connectivity index (χ1) is 21.6. The number of hydrogen-bond donors (Lipinski definition) is 0. The summed E-state index contributed by atoms with van der Waals surface area (Å²) in [5.74, 6) is -0.271. The molecule has 1 radical (unpaired) electrons. The molecule has 7 aromatic rings. The summed E-state index contributed by atoms with van der Waals surface area (Å²) in [6, 6.07) is 36.5. The number of aryl methyl sites for hydroxylation is 3. The van der Waals surface area contributed by atoms with Crippen LogP contribution in [0.25, 0.3) is 53.8 Å². The average Bonchev–Trinajstić information content (AvgIpc) is 3.40. The second-order valence-corrected chi connectivity index (χ2v) is 18.6. The number of hydrogen-bond acceptors (Lipinski definition) is 3. The van der Waals surface area contributed by atoms with E-state index in [1.807, 2.05) is 35.9 Å². The van der Waals surface area contributed by atoms with Crippen LogP contribution >= 0.6 is 11.3 Å². The molecule has 3 heterocycles. The number of rotatable bonds is 4. The summed E-state index contributed by atoms with van der Waals surface area (Å²) in [4.78, 5) is 9.13. The van der Waals surface area contributed by atoms with Gasteiger partial charge in [-0.15, -0.1) is 53.6 Å². The molecule has 0 aliphatic heterocycles. The Morgan fingerprint density at radius 2 is 1.52 bits per heavy atom. The minimum absolute atomic E-state index is 0. The zero-order chi connectivity index (χ0) is 31.7. The number of aromatic nitrogens is 2. The van der Waals surface area contributed by atoms with Gasteiger partial charge in [-0.05, 0) is 81.8 Å². The maximum Gasteiger partial charge on any atom is 0.0795 e. The number of nitrogens with zero attached hydrogens (tertiary/aromatic N) is 2. The van der Waals surface area contributed by atoms with Gasteiger partial charge in [-0.1, -0.05) is 79.1 Å². The first-order valence-electron chi connectivity index (χ1n) is 15.1. The van der Waals surface area contributed by atoms with Crippen LogP contribution in [0.2, 0.25) is 19.6 Å². The summed E-state index contributed by atoms with van der Waals surface area (Å²) in [7, 11) is -1.30. The molecule has 2 nitrogen and oxygen atoms in total. The molecule has 0 spiro atoms. The van der Waals surface area contributed by atoms with Crippen molar-refractivity contribution in [3.8, 4) is 33.6 Å². The Morgan fingerprint density at radius 1 is 0.761 bits per heavy atom. The standard InChI is InChI=1S/C26H20NS.C14H15FNSi.Ir/c1-16-13-17(2)25(18(3)14-16)19-11-12-27-23(15-19)22-9-6-8-21-20-7-4-5-10-24(20)28-26(21)22;1-17(2,3)13-8-9-14(16-10-13)11-4-6-12(15)7-5-11;/h4-8,10-15H,1-3H3;4,6-10H,1-3H3;/q2*-1;. The fraction of sp³-hybridized carbons (Fsp3) is 0.150. The molecule has 0 aliphatic carbocycles. The van der Waals surface area contributed by atoms with E-state index >= 15 is 0 Å². The Labute approximate surface area is 289 Å². The second-order valence-electron chi connectivity index (χ2n) is 12.5. The van der Waals surface area contributed by atoms with E-state index in [9.17, 15) is 4.39 Å². The van der Waals surface area contributed by atoms with E-state index in [-0.39, 0.29) is 25.9 Å². The fourth-order valence-corrected chi connectivity index (χ4v) is 8.04. The average molecular weight is 815 g/mol. The van der Waals surface area contributed by atoms with Crippen LogP contribution in [0.4, 0.5) is 4.39 Å². The molecule has 7 rings (SSSR count). The zero-order valence-corrected chi connectivity index (χ0v) is 31.0. The van der Waals surface area contributed by atoms with Crippen LogP contribution in [0, 0.1) is 38.7 Å². The first-order valence-corrected chi connectivity index (χ1v) is 19.4. The van der Waals surface area contributed by atoms with E-state index in [1.54, 1.807) is 6.07 Å². The summed E-state index contributed by atoms with van der Waals surface area (Å²) in [6.45, 7) is 13.4. The summed E-state index contributed by atoms with van der Waals surface area (Å²) in [5.41, 5.74) is 10.2. The van der Waals surface area contributed by atoms with Crippen molar-refractivity contribution >= 4 is 44.8 Å². The molecule has 0 unspecified atom stereocenters. The third-order valence-corrected chi connectivity index (χ3v) is 11.2. The molecule has 0 bridgehead atoms. The molecular weight excluding hydrogens is 780 g/mol. The van der Waals surface area contributed by atoms with E-state index in [4.69, 9.17) is 4.98 Å². The molecule has 4 aromatic carbocycles. The van der Waals surface area contributed by atoms with Gasteiger partial charge in [0.15, 0.2) is 0 Å². The molecule has 0 aliphatic rings. The third kappa shape index (κ3) is 7.11. The Hall–Kier alpha value is -3.80. The van der Waals surface area contributed by atoms with Crippen molar-refractivity contribution < 1.29 is 24.5 Å². The van der Waals surface area contributed by atoms with Crippen LogP contribution in [0.5, 0.6) is 0 Å². The molecule has 46 heavy (non-hydrogen) atoms. The summed E-state index contributed by atoms with van der Waals surface area (Å²) in [5, 5.41) is 3.91. The molecule has 233 valence electrons. The molecule has 6 heteroatoms. The molecule has 3 aromatic heterocycles. The van der Waals surface area contributed by atoms with Crippen molar-refractivity contribution in [3.05, 3.63) is 138 Å². The third-order valence-electron chi connectivity index (χ3n) is 8.00. The summed E-state index contributed by atoms with van der Waals surface area (Å²) < 4.78 is 15.3. The van der Waals surface area contributed by atoms with E-state index in [1.165, 1.54) is 65.3 Å². The van der Waals surface area contributed by atoms with Crippen molar-refractivity contribution in [1.82, 2.24) is 9.97 Å². The molecule has 0 saturated carbocycles. The summed E-state index contributed by atoms with van der Waals surface area (Å²) in [6.07, 6.45) is 3.85. The van der Waals surface area contributed by atoms with E-state index in [0.717, 1.165) is 22.5 Å². The summed E-state index contributed by atoms with van der Waals surface area (Å²) >= 11 is 1.82. The van der Waals surface area contributed by atoms with Gasteiger partial charge in [0, 0.05) is 43.0 Å². The van der Waals surface area contributed by atoms with Crippen LogP contribution in [0.1, 0.15) is 16.7 Å². The minimum atomic E-state index is -1.30. The predicted octanol–water partition coefficient (Wildman–Crippen LogP) is 10.7. The van der Waals surface area contributed by atoms with Crippen LogP contribution in [-0.2, 0) is 20.1 Å². The molecule has 0 fully saturated rings. The van der Waals surface area contributed by atoms with Crippen molar-refractivity contribution in [2.45, 2.75) is 40.4 Å². The number of halogens is 1. The fourth-order valence-electron chi connectivity index (χ4n) is 5.80. The first kappa shape index (κ1) is 33.6. The number of thiophene rings is 1. The van der Waals surface area contributed by atoms with Gasteiger partial charge in [0.25, 0.3) is 0 Å². The number of benzene rings is 4. The monoisotopic (exact) mass is 815 g/mol. The van der Waals surface area contributed by atoms with Crippen LogP contribution in [0.15, 0.2) is 103 Å². The van der Waals surface area contributed by atoms with Gasteiger partial charge in [-0.3, -0.25) is 4.39 Å². The van der Waals surface area contributed by atoms with Gasteiger partial charge in [-0.2, -0.15) is 11.3 Å². The van der Waals surface area contributed by atoms with Gasteiger partial charge < -0.3 is 9.97 Å². The van der Waals surface area contributed by atoms with Crippen molar-refractivity contribution in [1.29, 1.82) is 0 Å². The molecule has 0 saturated heterocycles. The topological polar surface area (TPSA) is 25.8 Å². The smallest absolute Gasteiger partial charge is 0.0795 e. The Balaban J connectivity index is 0.000000200. The van der Waals surface area contributed by atoms with Gasteiger partial charge in [-0.25, -0.2) is 0 Å². The normalized spacial score (nSPS) is 11.2. The Morgan fingerprint density at radius 3 is 2.20 bits per heavy atom. The van der Waals surface area contributed by atoms with Gasteiger partial charge in [0.2, 0.25) is 0 Å². The molecule has 0 N–H and O–H groups in total.